The summed E-state index contributed by atoms with van der Waals surface area (Å²) in [7, 11) is 3.75. The molecule has 0 aliphatic heterocycles. The standard InChI is InChI=1S/C23H29ClFN3O4S/c1-14-11-18(26-21(30)16-8-7-15(25)12-17(16)24)33-20(14)22(31)28(10-9-27(5)6)13-19(29)32-23(2,3)4/h7-8,11-12H,9-10,13H2,1-6H3,(H,26,30). The second-order valence-electron chi connectivity index (χ2n) is 8.82. The molecule has 10 heteroatoms. The lowest BCUT2D eigenvalue weighted by Crippen LogP contribution is -2.41. The number of hydrogen-bond donors (Lipinski definition) is 1. The number of amides is 2. The molecule has 2 rings (SSSR count). The van der Waals surface area contributed by atoms with Crippen molar-refractivity contribution in [1.29, 1.82) is 0 Å². The summed E-state index contributed by atoms with van der Waals surface area (Å²) in [4.78, 5) is 42.0. The van der Waals surface area contributed by atoms with Crippen LogP contribution in [0.25, 0.3) is 0 Å². The van der Waals surface area contributed by atoms with Crippen LogP contribution in [-0.2, 0) is 9.53 Å². The number of halogens is 2. The molecule has 1 N–H and O–H groups in total. The van der Waals surface area contributed by atoms with Crippen LogP contribution in [0, 0.1) is 12.7 Å². The maximum absolute atomic E-state index is 13.3. The van der Waals surface area contributed by atoms with E-state index in [2.05, 4.69) is 5.32 Å². The van der Waals surface area contributed by atoms with Crippen LogP contribution in [-0.4, -0.2) is 66.9 Å². The Morgan fingerprint density at radius 2 is 1.82 bits per heavy atom. The van der Waals surface area contributed by atoms with Crippen molar-refractivity contribution in [3.63, 3.8) is 0 Å². The van der Waals surface area contributed by atoms with Crippen molar-refractivity contribution < 1.29 is 23.5 Å². The van der Waals surface area contributed by atoms with Gasteiger partial charge in [0, 0.05) is 13.1 Å². The molecule has 180 valence electrons. The Kier molecular flexibility index (Phi) is 8.99. The molecule has 0 saturated carbocycles. The minimum atomic E-state index is -0.661. The average molecular weight is 498 g/mol. The molecule has 1 aromatic heterocycles. The van der Waals surface area contributed by atoms with E-state index < -0.39 is 23.3 Å². The van der Waals surface area contributed by atoms with E-state index in [9.17, 15) is 18.8 Å². The van der Waals surface area contributed by atoms with E-state index in [0.717, 1.165) is 23.5 Å². The number of carbonyl (C=O) groups is 3. The number of nitrogens with zero attached hydrogens (tertiary/aromatic N) is 2. The molecule has 2 aromatic rings. The summed E-state index contributed by atoms with van der Waals surface area (Å²) in [5.41, 5.74) is 0.115. The molecule has 2 amide bonds. The predicted molar refractivity (Wildman–Crippen MR) is 129 cm³/mol. The Balaban J connectivity index is 2.21. The Labute approximate surface area is 202 Å². The number of likely N-dealkylation sites (N-methyl/N-ethyl adjacent to an activating group) is 1. The quantitative estimate of drug-likeness (QED) is 0.545. The van der Waals surface area contributed by atoms with E-state index in [4.69, 9.17) is 16.3 Å². The van der Waals surface area contributed by atoms with Gasteiger partial charge >= 0.3 is 5.97 Å². The first-order valence-electron chi connectivity index (χ1n) is 10.3. The average Bonchev–Trinajstić information content (AvgIpc) is 3.02. The summed E-state index contributed by atoms with van der Waals surface area (Å²) in [5.74, 6) is -1.88. The van der Waals surface area contributed by atoms with E-state index in [1.54, 1.807) is 33.8 Å². The molecule has 0 bridgehead atoms. The normalized spacial score (nSPS) is 11.4. The number of aryl methyl sites for hydroxylation is 1. The van der Waals surface area contributed by atoms with E-state index in [1.165, 1.54) is 11.0 Å². The number of thiophene rings is 1. The number of ether oxygens (including phenoxy) is 1. The largest absolute Gasteiger partial charge is 0.459 e. The summed E-state index contributed by atoms with van der Waals surface area (Å²) in [5, 5.41) is 3.12. The van der Waals surface area contributed by atoms with Crippen molar-refractivity contribution in [3.8, 4) is 0 Å². The summed E-state index contributed by atoms with van der Waals surface area (Å²) < 4.78 is 18.6. The van der Waals surface area contributed by atoms with Crippen LogP contribution in [0.3, 0.4) is 0 Å². The molecule has 0 aliphatic carbocycles. The lowest BCUT2D eigenvalue weighted by Gasteiger charge is -2.26. The third kappa shape index (κ3) is 8.10. The van der Waals surface area contributed by atoms with Gasteiger partial charge in [-0.1, -0.05) is 11.6 Å². The highest BCUT2D eigenvalue weighted by atomic mass is 35.5. The van der Waals surface area contributed by atoms with E-state index in [0.29, 0.717) is 28.5 Å². The molecule has 0 atom stereocenters. The minimum Gasteiger partial charge on any atom is -0.459 e. The van der Waals surface area contributed by atoms with Gasteiger partial charge in [-0.05, 0) is 71.6 Å². The van der Waals surface area contributed by atoms with Gasteiger partial charge in [-0.2, -0.15) is 0 Å². The number of anilines is 1. The van der Waals surface area contributed by atoms with Gasteiger partial charge in [0.25, 0.3) is 11.8 Å². The minimum absolute atomic E-state index is 0.00991. The van der Waals surface area contributed by atoms with Crippen LogP contribution in [0.2, 0.25) is 5.02 Å². The first-order valence-corrected chi connectivity index (χ1v) is 11.5. The van der Waals surface area contributed by atoms with Crippen LogP contribution in [0.15, 0.2) is 24.3 Å². The lowest BCUT2D eigenvalue weighted by molar-refractivity contribution is -0.155. The SMILES string of the molecule is Cc1cc(NC(=O)c2ccc(F)cc2Cl)sc1C(=O)N(CCN(C)C)CC(=O)OC(C)(C)C. The van der Waals surface area contributed by atoms with Gasteiger partial charge in [0.2, 0.25) is 0 Å². The topological polar surface area (TPSA) is 79.0 Å². The zero-order valence-corrected chi connectivity index (χ0v) is 21.2. The highest BCUT2D eigenvalue weighted by Gasteiger charge is 2.26. The maximum Gasteiger partial charge on any atom is 0.326 e. The van der Waals surface area contributed by atoms with Crippen molar-refractivity contribution >= 4 is 45.7 Å². The van der Waals surface area contributed by atoms with E-state index >= 15 is 0 Å². The van der Waals surface area contributed by atoms with Crippen molar-refractivity contribution in [3.05, 3.63) is 51.1 Å². The molecule has 0 fully saturated rings. The lowest BCUT2D eigenvalue weighted by atomic mass is 10.2. The second kappa shape index (κ2) is 11.1. The molecular formula is C23H29ClFN3O4S. The molecule has 1 aromatic carbocycles. The predicted octanol–water partition coefficient (Wildman–Crippen LogP) is 4.45. The number of rotatable bonds is 8. The van der Waals surface area contributed by atoms with Gasteiger partial charge in [0.15, 0.2) is 0 Å². The summed E-state index contributed by atoms with van der Waals surface area (Å²) in [6.45, 7) is 7.75. The van der Waals surface area contributed by atoms with Crippen molar-refractivity contribution in [2.45, 2.75) is 33.3 Å². The molecule has 7 nitrogen and oxygen atoms in total. The number of esters is 1. The monoisotopic (exact) mass is 497 g/mol. The van der Waals surface area contributed by atoms with E-state index in [1.807, 2.05) is 19.0 Å². The number of hydrogen-bond acceptors (Lipinski definition) is 6. The Bertz CT molecular complexity index is 1030. The van der Waals surface area contributed by atoms with Crippen LogP contribution < -0.4 is 5.32 Å². The summed E-state index contributed by atoms with van der Waals surface area (Å²) >= 11 is 7.06. The zero-order valence-electron chi connectivity index (χ0n) is 19.6. The van der Waals surface area contributed by atoms with Crippen molar-refractivity contribution in [1.82, 2.24) is 9.80 Å². The molecule has 0 unspecified atom stereocenters. The van der Waals surface area contributed by atoms with E-state index in [-0.39, 0.29) is 23.0 Å². The Morgan fingerprint density at radius 1 is 1.15 bits per heavy atom. The molecule has 33 heavy (non-hydrogen) atoms. The van der Waals surface area contributed by atoms with Crippen LogP contribution >= 0.6 is 22.9 Å². The molecule has 0 saturated heterocycles. The highest BCUT2D eigenvalue weighted by Crippen LogP contribution is 2.29. The fourth-order valence-corrected chi connectivity index (χ4v) is 4.14. The van der Waals surface area contributed by atoms with Crippen molar-refractivity contribution in [2.24, 2.45) is 0 Å². The van der Waals surface area contributed by atoms with Gasteiger partial charge in [0.1, 0.15) is 18.0 Å². The van der Waals surface area contributed by atoms with Gasteiger partial charge in [-0.25, -0.2) is 4.39 Å². The smallest absolute Gasteiger partial charge is 0.326 e. The molecule has 1 heterocycles. The van der Waals surface area contributed by atoms with Gasteiger partial charge in [0.05, 0.1) is 20.5 Å². The third-order valence-corrected chi connectivity index (χ3v) is 5.82. The fraction of sp³-hybridized carbons (Fsp3) is 0.435. The van der Waals surface area contributed by atoms with Gasteiger partial charge in [-0.15, -0.1) is 11.3 Å². The molecule has 0 radical (unpaired) electrons. The van der Waals surface area contributed by atoms with Crippen molar-refractivity contribution in [2.75, 3.05) is 39.0 Å². The van der Waals surface area contributed by atoms with Gasteiger partial charge < -0.3 is 19.9 Å². The fourth-order valence-electron chi connectivity index (χ4n) is 2.86. The Morgan fingerprint density at radius 3 is 2.39 bits per heavy atom. The third-order valence-electron chi connectivity index (χ3n) is 4.37. The van der Waals surface area contributed by atoms with Crippen LogP contribution in [0.4, 0.5) is 9.39 Å². The second-order valence-corrected chi connectivity index (χ2v) is 10.3. The van der Waals surface area contributed by atoms with Crippen LogP contribution in [0.1, 0.15) is 46.4 Å². The summed E-state index contributed by atoms with van der Waals surface area (Å²) in [6.07, 6.45) is 0. The number of benzene rings is 1. The summed E-state index contributed by atoms with van der Waals surface area (Å²) in [6, 6.07) is 5.17. The van der Waals surface area contributed by atoms with Crippen LogP contribution in [0.5, 0.6) is 0 Å². The number of nitrogens with one attached hydrogen (secondary N) is 1. The molecular weight excluding hydrogens is 469 g/mol. The number of carbonyl (C=O) groups excluding carboxylic acids is 3. The first-order chi connectivity index (χ1) is 15.3. The maximum atomic E-state index is 13.3. The highest BCUT2D eigenvalue weighted by molar-refractivity contribution is 7.18. The first kappa shape index (κ1) is 26.8. The molecule has 0 aliphatic rings. The van der Waals surface area contributed by atoms with Gasteiger partial charge in [-0.3, -0.25) is 14.4 Å². The Hall–Kier alpha value is -2.49. The zero-order chi connectivity index (χ0) is 24.9. The molecule has 0 spiro atoms.